The molecule has 0 unspecified atom stereocenters. The molecule has 0 spiro atoms. The Morgan fingerprint density at radius 2 is 1.85 bits per heavy atom. The fraction of sp³-hybridized carbons (Fsp3) is 0.368. The first kappa shape index (κ1) is 17.7. The number of aromatic amines is 2. The number of carbonyl (C=O) groups excluding carboxylic acids is 1. The number of hydrogen-bond acceptors (Lipinski definition) is 4. The van der Waals surface area contributed by atoms with Crippen LogP contribution in [0.25, 0.3) is 0 Å². The molecule has 1 aromatic heterocycles. The lowest BCUT2D eigenvalue weighted by atomic mass is 9.74. The molecule has 1 aliphatic rings. The Morgan fingerprint density at radius 3 is 2.42 bits per heavy atom. The van der Waals surface area contributed by atoms with Gasteiger partial charge in [-0.1, -0.05) is 30.3 Å². The maximum absolute atomic E-state index is 12.6. The topological polar surface area (TPSA) is 110 Å². The predicted molar refractivity (Wildman–Crippen MR) is 95.7 cm³/mol. The molecule has 2 aromatic rings. The Kier molecular flexibility index (Phi) is 4.76. The first-order valence-corrected chi connectivity index (χ1v) is 8.52. The fourth-order valence-electron chi connectivity index (χ4n) is 3.46. The summed E-state index contributed by atoms with van der Waals surface area (Å²) in [4.78, 5) is 42.1. The maximum Gasteiger partial charge on any atom is 0.325 e. The molecule has 2 N–H and O–H groups in total. The van der Waals surface area contributed by atoms with Crippen LogP contribution in [0.1, 0.15) is 29.7 Å². The van der Waals surface area contributed by atoms with Gasteiger partial charge in [-0.15, -0.1) is 0 Å². The van der Waals surface area contributed by atoms with Crippen molar-refractivity contribution in [1.82, 2.24) is 14.9 Å². The molecule has 1 fully saturated rings. The molecule has 0 saturated carbocycles. The minimum Gasteiger partial charge on any atom is -0.342 e. The third-order valence-corrected chi connectivity index (χ3v) is 5.09. The Labute approximate surface area is 150 Å². The van der Waals surface area contributed by atoms with Crippen LogP contribution in [0.5, 0.6) is 0 Å². The lowest BCUT2D eigenvalue weighted by molar-refractivity contribution is -0.131. The zero-order chi connectivity index (χ0) is 18.7. The van der Waals surface area contributed by atoms with Crippen LogP contribution < -0.4 is 11.2 Å². The van der Waals surface area contributed by atoms with Crippen molar-refractivity contribution >= 4 is 5.91 Å². The number of aromatic nitrogens is 2. The van der Waals surface area contributed by atoms with Gasteiger partial charge >= 0.3 is 5.69 Å². The highest BCUT2D eigenvalue weighted by atomic mass is 16.2. The summed E-state index contributed by atoms with van der Waals surface area (Å²) in [6, 6.07) is 12.1. The average molecular weight is 352 g/mol. The lowest BCUT2D eigenvalue weighted by Crippen LogP contribution is -2.45. The third-order valence-electron chi connectivity index (χ3n) is 5.09. The summed E-state index contributed by atoms with van der Waals surface area (Å²) in [5.41, 5.74) is -0.0451. The molecule has 1 aromatic carbocycles. The molecule has 1 saturated heterocycles. The van der Waals surface area contributed by atoms with Gasteiger partial charge in [-0.05, 0) is 25.3 Å². The number of nitrogens with zero attached hydrogens (tertiary/aromatic N) is 2. The smallest absolute Gasteiger partial charge is 0.325 e. The molecule has 0 aliphatic carbocycles. The van der Waals surface area contributed by atoms with Gasteiger partial charge in [0.15, 0.2) is 0 Å². The molecule has 0 radical (unpaired) electrons. The number of benzene rings is 1. The number of amides is 1. The van der Waals surface area contributed by atoms with Crippen LogP contribution >= 0.6 is 0 Å². The van der Waals surface area contributed by atoms with Gasteiger partial charge in [-0.3, -0.25) is 14.6 Å². The zero-order valence-electron chi connectivity index (χ0n) is 14.5. The second-order valence-corrected chi connectivity index (χ2v) is 6.63. The van der Waals surface area contributed by atoms with Gasteiger partial charge in [-0.2, -0.15) is 5.26 Å². The van der Waals surface area contributed by atoms with E-state index in [9.17, 15) is 19.6 Å². The standard InChI is InChI=1S/C19H20N4O3/c1-13-15(17(25)22-18(26)21-13)11-16(24)23-9-7-19(12-20,8-10-23)14-5-3-2-4-6-14/h2-6H,7-11H2,1H3,(H2,21,22,25,26). The fourth-order valence-corrected chi connectivity index (χ4v) is 3.46. The van der Waals surface area contributed by atoms with Crippen LogP contribution in [0.2, 0.25) is 0 Å². The number of aryl methyl sites for hydroxylation is 1. The monoisotopic (exact) mass is 352 g/mol. The number of likely N-dealkylation sites (tertiary alicyclic amines) is 1. The number of nitrogens with one attached hydrogen (secondary N) is 2. The van der Waals surface area contributed by atoms with Gasteiger partial charge in [-0.25, -0.2) is 4.79 Å². The first-order valence-electron chi connectivity index (χ1n) is 8.52. The summed E-state index contributed by atoms with van der Waals surface area (Å²) in [7, 11) is 0. The largest absolute Gasteiger partial charge is 0.342 e. The summed E-state index contributed by atoms with van der Waals surface area (Å²) < 4.78 is 0. The summed E-state index contributed by atoms with van der Waals surface area (Å²) in [6.45, 7) is 2.52. The van der Waals surface area contributed by atoms with Crippen LogP contribution in [0.4, 0.5) is 0 Å². The van der Waals surface area contributed by atoms with Gasteiger partial charge in [0.1, 0.15) is 0 Å². The highest BCUT2D eigenvalue weighted by molar-refractivity contribution is 5.79. The lowest BCUT2D eigenvalue weighted by Gasteiger charge is -2.37. The average Bonchev–Trinajstić information content (AvgIpc) is 2.65. The van der Waals surface area contributed by atoms with E-state index >= 15 is 0 Å². The minimum absolute atomic E-state index is 0.0666. The maximum atomic E-state index is 12.6. The van der Waals surface area contributed by atoms with Crippen molar-refractivity contribution < 1.29 is 4.79 Å². The van der Waals surface area contributed by atoms with Crippen molar-refractivity contribution in [3.8, 4) is 6.07 Å². The van der Waals surface area contributed by atoms with Crippen LogP contribution in [0.15, 0.2) is 39.9 Å². The Hall–Kier alpha value is -3.14. The van der Waals surface area contributed by atoms with Crippen LogP contribution in [0.3, 0.4) is 0 Å². The molecule has 7 nitrogen and oxygen atoms in total. The van der Waals surface area contributed by atoms with Gasteiger partial charge in [0.25, 0.3) is 5.56 Å². The van der Waals surface area contributed by atoms with Gasteiger partial charge < -0.3 is 9.88 Å². The molecule has 26 heavy (non-hydrogen) atoms. The minimum atomic E-state index is -0.580. The second kappa shape index (κ2) is 7.00. The molecule has 0 bridgehead atoms. The second-order valence-electron chi connectivity index (χ2n) is 6.63. The van der Waals surface area contributed by atoms with Crippen molar-refractivity contribution in [1.29, 1.82) is 5.26 Å². The van der Waals surface area contributed by atoms with Crippen molar-refractivity contribution in [3.63, 3.8) is 0 Å². The Bertz CT molecular complexity index is 961. The molecule has 1 amide bonds. The van der Waals surface area contributed by atoms with E-state index in [1.807, 2.05) is 30.3 Å². The Morgan fingerprint density at radius 1 is 1.19 bits per heavy atom. The molecule has 7 heteroatoms. The molecule has 2 heterocycles. The molecule has 3 rings (SSSR count). The SMILES string of the molecule is Cc1[nH]c(=O)[nH]c(=O)c1CC(=O)N1CCC(C#N)(c2ccccc2)CC1. The van der Waals surface area contributed by atoms with E-state index in [2.05, 4.69) is 16.0 Å². The van der Waals surface area contributed by atoms with Crippen LogP contribution in [-0.4, -0.2) is 33.9 Å². The molecule has 0 atom stereocenters. The van der Waals surface area contributed by atoms with Crippen molar-refractivity contribution in [2.24, 2.45) is 0 Å². The van der Waals surface area contributed by atoms with Crippen LogP contribution in [-0.2, 0) is 16.6 Å². The van der Waals surface area contributed by atoms with E-state index in [4.69, 9.17) is 0 Å². The molecular formula is C19H20N4O3. The van der Waals surface area contributed by atoms with E-state index in [1.165, 1.54) is 0 Å². The van der Waals surface area contributed by atoms with Crippen molar-refractivity contribution in [3.05, 3.63) is 68.0 Å². The first-order chi connectivity index (χ1) is 12.4. The van der Waals surface area contributed by atoms with Crippen molar-refractivity contribution in [2.75, 3.05) is 13.1 Å². The van der Waals surface area contributed by atoms with E-state index < -0.39 is 16.7 Å². The molecule has 134 valence electrons. The Balaban J connectivity index is 1.72. The highest BCUT2D eigenvalue weighted by Gasteiger charge is 2.37. The molecule has 1 aliphatic heterocycles. The highest BCUT2D eigenvalue weighted by Crippen LogP contribution is 2.34. The summed E-state index contributed by atoms with van der Waals surface area (Å²) >= 11 is 0. The third kappa shape index (κ3) is 3.31. The number of carbonyl (C=O) groups is 1. The number of nitriles is 1. The zero-order valence-corrected chi connectivity index (χ0v) is 14.5. The number of rotatable bonds is 3. The van der Waals surface area contributed by atoms with E-state index in [1.54, 1.807) is 11.8 Å². The predicted octanol–water partition coefficient (Wildman–Crippen LogP) is 0.998. The summed E-state index contributed by atoms with van der Waals surface area (Å²) in [6.07, 6.45) is 1.04. The van der Waals surface area contributed by atoms with E-state index in [0.29, 0.717) is 31.6 Å². The quantitative estimate of drug-likeness (QED) is 0.858. The van der Waals surface area contributed by atoms with Crippen LogP contribution in [0, 0.1) is 18.3 Å². The van der Waals surface area contributed by atoms with Crippen molar-refractivity contribution in [2.45, 2.75) is 31.6 Å². The summed E-state index contributed by atoms with van der Waals surface area (Å²) in [5.74, 6) is -0.176. The number of H-pyrrole nitrogens is 2. The van der Waals surface area contributed by atoms with E-state index in [0.717, 1.165) is 5.56 Å². The normalized spacial score (nSPS) is 16.1. The van der Waals surface area contributed by atoms with Gasteiger partial charge in [0.05, 0.1) is 17.9 Å². The van der Waals surface area contributed by atoms with Gasteiger partial charge in [0.2, 0.25) is 5.91 Å². The van der Waals surface area contributed by atoms with E-state index in [-0.39, 0.29) is 17.9 Å². The molecular weight excluding hydrogens is 332 g/mol. The number of piperidine rings is 1. The van der Waals surface area contributed by atoms with Gasteiger partial charge in [0, 0.05) is 24.3 Å². The number of hydrogen-bond donors (Lipinski definition) is 2. The summed E-state index contributed by atoms with van der Waals surface area (Å²) in [5, 5.41) is 9.72.